The van der Waals surface area contributed by atoms with Gasteiger partial charge in [0.25, 0.3) is 0 Å². The topological polar surface area (TPSA) is 12.0 Å². The van der Waals surface area contributed by atoms with Crippen LogP contribution in [0.4, 0.5) is 0 Å². The first-order valence-corrected chi connectivity index (χ1v) is 7.62. The zero-order chi connectivity index (χ0) is 13.6. The van der Waals surface area contributed by atoms with Gasteiger partial charge in [-0.05, 0) is 38.5 Å². The summed E-state index contributed by atoms with van der Waals surface area (Å²) in [5.41, 5.74) is 2.84. The number of rotatable bonds is 5. The van der Waals surface area contributed by atoms with Crippen LogP contribution in [0.25, 0.3) is 0 Å². The first-order valence-electron chi connectivity index (χ1n) is 5.82. The van der Waals surface area contributed by atoms with Gasteiger partial charge in [-0.15, -0.1) is 11.8 Å². The molecule has 0 spiro atoms. The Bertz CT molecular complexity index is 393. The summed E-state index contributed by atoms with van der Waals surface area (Å²) in [5.74, 6) is 0.713. The Morgan fingerprint density at radius 3 is 2.39 bits per heavy atom. The van der Waals surface area contributed by atoms with E-state index in [4.69, 9.17) is 23.2 Å². The molecule has 0 bridgehead atoms. The Hall–Kier alpha value is -0.150. The van der Waals surface area contributed by atoms with Crippen molar-refractivity contribution in [2.45, 2.75) is 37.8 Å². The highest BCUT2D eigenvalue weighted by Crippen LogP contribution is 2.22. The second-order valence-corrected chi connectivity index (χ2v) is 6.84. The highest BCUT2D eigenvalue weighted by molar-refractivity contribution is 7.99. The molecular weight excluding hydrogens is 285 g/mol. The maximum Gasteiger partial charge on any atom is 0.0396 e. The maximum absolute atomic E-state index is 5.84. The van der Waals surface area contributed by atoms with E-state index in [1.165, 1.54) is 16.0 Å². The monoisotopic (exact) mass is 303 g/mol. The average Bonchev–Trinajstić information content (AvgIpc) is 2.33. The van der Waals surface area contributed by atoms with E-state index in [0.717, 1.165) is 6.54 Å². The smallest absolute Gasteiger partial charge is 0.0396 e. The van der Waals surface area contributed by atoms with Gasteiger partial charge >= 0.3 is 0 Å². The zero-order valence-corrected chi connectivity index (χ0v) is 13.3. The quantitative estimate of drug-likeness (QED) is 0.769. The molecule has 0 atom stereocenters. The summed E-state index contributed by atoms with van der Waals surface area (Å²) < 4.78 is 0. The van der Waals surface area contributed by atoms with Crippen LogP contribution in [0.2, 0.25) is 0 Å². The van der Waals surface area contributed by atoms with E-state index in [-0.39, 0.29) is 5.54 Å². The van der Waals surface area contributed by atoms with Crippen LogP contribution in [0.3, 0.4) is 0 Å². The standard InChI is InChI=1S/C14H19Cl2NS/c1-14(2,3)17-9-11-4-6-13(7-5-11)18-10-12(16)8-15/h4-8,17H,9-10H2,1-3H3/b12-8-. The van der Waals surface area contributed by atoms with Crippen molar-refractivity contribution >= 4 is 35.0 Å². The number of hydrogen-bond donors (Lipinski definition) is 1. The molecule has 0 aromatic heterocycles. The normalized spacial score (nSPS) is 12.8. The molecule has 1 rings (SSSR count). The van der Waals surface area contributed by atoms with E-state index in [0.29, 0.717) is 10.8 Å². The predicted molar refractivity (Wildman–Crippen MR) is 83.5 cm³/mol. The van der Waals surface area contributed by atoms with Crippen LogP contribution in [0.15, 0.2) is 39.7 Å². The van der Waals surface area contributed by atoms with Crippen LogP contribution >= 0.6 is 35.0 Å². The number of benzene rings is 1. The maximum atomic E-state index is 5.84. The highest BCUT2D eigenvalue weighted by atomic mass is 35.5. The zero-order valence-electron chi connectivity index (χ0n) is 11.0. The Labute approximate surface area is 124 Å². The predicted octanol–water partition coefficient (Wildman–Crippen LogP) is 4.99. The van der Waals surface area contributed by atoms with Crippen LogP contribution in [-0.4, -0.2) is 11.3 Å². The van der Waals surface area contributed by atoms with Gasteiger partial charge in [0.1, 0.15) is 0 Å². The van der Waals surface area contributed by atoms with Gasteiger partial charge in [0.05, 0.1) is 0 Å². The van der Waals surface area contributed by atoms with Crippen molar-refractivity contribution in [3.8, 4) is 0 Å². The van der Waals surface area contributed by atoms with Gasteiger partial charge < -0.3 is 5.32 Å². The fourth-order valence-corrected chi connectivity index (χ4v) is 2.30. The van der Waals surface area contributed by atoms with E-state index >= 15 is 0 Å². The minimum atomic E-state index is 0.145. The molecule has 0 radical (unpaired) electrons. The molecule has 0 aliphatic rings. The van der Waals surface area contributed by atoms with Crippen LogP contribution in [-0.2, 0) is 6.54 Å². The minimum Gasteiger partial charge on any atom is -0.308 e. The molecule has 0 saturated carbocycles. The Morgan fingerprint density at radius 1 is 1.28 bits per heavy atom. The van der Waals surface area contributed by atoms with Crippen LogP contribution in [0.5, 0.6) is 0 Å². The minimum absolute atomic E-state index is 0.145. The summed E-state index contributed by atoms with van der Waals surface area (Å²) in [6.07, 6.45) is 0. The average molecular weight is 304 g/mol. The third-order valence-corrected chi connectivity index (χ3v) is 4.08. The van der Waals surface area contributed by atoms with Gasteiger partial charge in [-0.25, -0.2) is 0 Å². The second-order valence-electron chi connectivity index (χ2n) is 5.09. The molecular formula is C14H19Cl2NS. The molecule has 100 valence electrons. The second kappa shape index (κ2) is 7.44. The first kappa shape index (κ1) is 15.9. The third-order valence-electron chi connectivity index (χ3n) is 2.24. The molecule has 0 aliphatic carbocycles. The lowest BCUT2D eigenvalue weighted by Gasteiger charge is -2.20. The number of hydrogen-bond acceptors (Lipinski definition) is 2. The van der Waals surface area contributed by atoms with Crippen LogP contribution in [0, 0.1) is 0 Å². The molecule has 0 unspecified atom stereocenters. The fraction of sp³-hybridized carbons (Fsp3) is 0.429. The number of halogens is 2. The molecule has 0 amide bonds. The van der Waals surface area contributed by atoms with Crippen molar-refractivity contribution < 1.29 is 0 Å². The summed E-state index contributed by atoms with van der Waals surface area (Å²) in [5, 5.41) is 4.13. The van der Waals surface area contributed by atoms with Gasteiger partial charge in [-0.3, -0.25) is 0 Å². The van der Waals surface area contributed by atoms with Crippen molar-refractivity contribution in [2.75, 3.05) is 5.75 Å². The largest absolute Gasteiger partial charge is 0.308 e. The Balaban J connectivity index is 2.47. The van der Waals surface area contributed by atoms with E-state index in [1.807, 2.05) is 0 Å². The van der Waals surface area contributed by atoms with Gasteiger partial charge in [-0.2, -0.15) is 0 Å². The molecule has 18 heavy (non-hydrogen) atoms. The summed E-state index contributed by atoms with van der Waals surface area (Å²) in [6.45, 7) is 7.38. The lowest BCUT2D eigenvalue weighted by molar-refractivity contribution is 0.424. The van der Waals surface area contributed by atoms with E-state index in [2.05, 4.69) is 50.4 Å². The van der Waals surface area contributed by atoms with E-state index in [9.17, 15) is 0 Å². The molecule has 0 heterocycles. The molecule has 0 fully saturated rings. The number of thioether (sulfide) groups is 1. The van der Waals surface area contributed by atoms with Crippen molar-refractivity contribution in [1.82, 2.24) is 5.32 Å². The first-order chi connectivity index (χ1) is 8.40. The van der Waals surface area contributed by atoms with Crippen molar-refractivity contribution in [3.05, 3.63) is 40.4 Å². The van der Waals surface area contributed by atoms with Gasteiger partial charge in [-0.1, -0.05) is 35.3 Å². The molecule has 1 aromatic carbocycles. The summed E-state index contributed by atoms with van der Waals surface area (Å²) >= 11 is 13.0. The van der Waals surface area contributed by atoms with Crippen LogP contribution in [0.1, 0.15) is 26.3 Å². The van der Waals surface area contributed by atoms with Crippen molar-refractivity contribution in [3.63, 3.8) is 0 Å². The molecule has 1 nitrogen and oxygen atoms in total. The third kappa shape index (κ3) is 6.69. The van der Waals surface area contributed by atoms with Crippen molar-refractivity contribution in [2.24, 2.45) is 0 Å². The van der Waals surface area contributed by atoms with Gasteiger partial charge in [0.15, 0.2) is 0 Å². The summed E-state index contributed by atoms with van der Waals surface area (Å²) in [4.78, 5) is 1.20. The summed E-state index contributed by atoms with van der Waals surface area (Å²) in [6, 6.07) is 8.50. The van der Waals surface area contributed by atoms with Crippen LogP contribution < -0.4 is 5.32 Å². The Kier molecular flexibility index (Phi) is 6.58. The summed E-state index contributed by atoms with van der Waals surface area (Å²) in [7, 11) is 0. The molecule has 0 aliphatic heterocycles. The van der Waals surface area contributed by atoms with Crippen molar-refractivity contribution in [1.29, 1.82) is 0 Å². The SMILES string of the molecule is CC(C)(C)NCc1ccc(SC/C(Cl)=C/Cl)cc1. The lowest BCUT2D eigenvalue weighted by atomic mass is 10.1. The van der Waals surface area contributed by atoms with Gasteiger partial charge in [0, 0.05) is 33.3 Å². The molecule has 0 saturated heterocycles. The molecule has 1 N–H and O–H groups in total. The van der Waals surface area contributed by atoms with Gasteiger partial charge in [0.2, 0.25) is 0 Å². The molecule has 1 aromatic rings. The lowest BCUT2D eigenvalue weighted by Crippen LogP contribution is -2.35. The van der Waals surface area contributed by atoms with E-state index < -0.39 is 0 Å². The number of nitrogens with one attached hydrogen (secondary N) is 1. The highest BCUT2D eigenvalue weighted by Gasteiger charge is 2.08. The Morgan fingerprint density at radius 2 is 1.89 bits per heavy atom. The van der Waals surface area contributed by atoms with E-state index in [1.54, 1.807) is 11.8 Å². The molecule has 4 heteroatoms. The fourth-order valence-electron chi connectivity index (χ4n) is 1.25.